The molecule has 0 bridgehead atoms. The third kappa shape index (κ3) is 10.3. The fourth-order valence-electron chi connectivity index (χ4n) is 7.28. The van der Waals surface area contributed by atoms with Gasteiger partial charge in [-0.05, 0) is 0 Å². The summed E-state index contributed by atoms with van der Waals surface area (Å²) in [6, 6.07) is 0. The Kier molecular flexibility index (Phi) is 20.7. The summed E-state index contributed by atoms with van der Waals surface area (Å²) in [4.78, 5) is 25.8. The minimum absolute atomic E-state index is 0.129. The molecule has 0 saturated carbocycles. The van der Waals surface area contributed by atoms with E-state index in [1.54, 1.807) is 0 Å². The van der Waals surface area contributed by atoms with Crippen LogP contribution >= 0.6 is 0 Å². The molecule has 0 heterocycles. The summed E-state index contributed by atoms with van der Waals surface area (Å²) >= 11 is -6.63. The van der Waals surface area contributed by atoms with Gasteiger partial charge in [0.1, 0.15) is 0 Å². The van der Waals surface area contributed by atoms with Crippen LogP contribution in [-0.4, -0.2) is 58.9 Å². The van der Waals surface area contributed by atoms with Crippen molar-refractivity contribution in [1.82, 2.24) is 0 Å². The van der Waals surface area contributed by atoms with Gasteiger partial charge in [0.05, 0.1) is 0 Å². The molecule has 0 amide bonds. The molecule has 6 heteroatoms. The molecule has 4 nitrogen and oxygen atoms in total. The summed E-state index contributed by atoms with van der Waals surface area (Å²) < 4.78 is 6.83. The van der Waals surface area contributed by atoms with Crippen molar-refractivity contribution in [2.45, 2.75) is 166 Å². The summed E-state index contributed by atoms with van der Waals surface area (Å²) in [5.41, 5.74) is 0. The van der Waals surface area contributed by atoms with Gasteiger partial charge >= 0.3 is 234 Å². The maximum atomic E-state index is 14.1. The molecule has 0 radical (unpaired) electrons. The van der Waals surface area contributed by atoms with E-state index in [0.717, 1.165) is 38.5 Å². The Bertz CT molecular complexity index is 518. The number of unbranched alkanes of at least 4 members (excludes halogenated alkanes) is 6. The zero-order valence-electron chi connectivity index (χ0n) is 25.1. The standard InChI is InChI=1S/C6H8O4.6C4H9.2Sn/c7-5(8)3-1-2-4-6(9)10;6*1-3-4-2;;/h1-3H2,(H,7,8)(H,9,10);6*1,3-4H2,2H3;;. The van der Waals surface area contributed by atoms with E-state index < -0.39 is 50.1 Å². The summed E-state index contributed by atoms with van der Waals surface area (Å²) in [6.45, 7) is 13.6. The topological polar surface area (TPSA) is 74.6 Å². The van der Waals surface area contributed by atoms with Crippen LogP contribution in [0, 0.1) is 0 Å². The van der Waals surface area contributed by atoms with Gasteiger partial charge in [-0.2, -0.15) is 0 Å². The molecule has 0 aliphatic rings. The first kappa shape index (κ1) is 36.5. The summed E-state index contributed by atoms with van der Waals surface area (Å²) in [5, 5.41) is 21.2. The van der Waals surface area contributed by atoms with Crippen molar-refractivity contribution in [1.29, 1.82) is 0 Å². The molecule has 36 heavy (non-hydrogen) atoms. The Morgan fingerprint density at radius 3 is 1.00 bits per heavy atom. The normalized spacial score (nSPS) is 12.7. The zero-order chi connectivity index (χ0) is 27.5. The monoisotopic (exact) mass is 726 g/mol. The number of carboxylic acid groups (broad SMARTS) is 2. The fourth-order valence-corrected chi connectivity index (χ4v) is 82.2. The molecule has 0 atom stereocenters. The van der Waals surface area contributed by atoms with Crippen LogP contribution in [-0.2, 0) is 9.59 Å². The molecule has 2 N–H and O–H groups in total. The molecule has 0 aromatic heterocycles. The molecule has 214 valence electrons. The van der Waals surface area contributed by atoms with Crippen LogP contribution in [0.4, 0.5) is 0 Å². The molecule has 0 spiro atoms. The maximum absolute atomic E-state index is 14.1. The van der Waals surface area contributed by atoms with Crippen molar-refractivity contribution in [2.24, 2.45) is 0 Å². The third-order valence-corrected chi connectivity index (χ3v) is 64.9. The van der Waals surface area contributed by atoms with Crippen molar-refractivity contribution in [3.63, 3.8) is 0 Å². The Morgan fingerprint density at radius 1 is 0.528 bits per heavy atom. The summed E-state index contributed by atoms with van der Waals surface area (Å²) in [5.74, 6) is -1.20. The van der Waals surface area contributed by atoms with E-state index in [-0.39, 0.29) is 6.42 Å². The van der Waals surface area contributed by atoms with E-state index in [4.69, 9.17) is 0 Å². The van der Waals surface area contributed by atoms with Crippen LogP contribution in [0.25, 0.3) is 0 Å². The molecule has 0 aromatic rings. The number of carboxylic acids is 2. The van der Waals surface area contributed by atoms with Crippen molar-refractivity contribution >= 4 is 48.7 Å². The molecule has 0 unspecified atom stereocenters. The molecule has 0 fully saturated rings. The average Bonchev–Trinajstić information content (AvgIpc) is 2.86. The molecular weight excluding hydrogens is 662 g/mol. The molecule has 0 aromatic carbocycles. The third-order valence-electron chi connectivity index (χ3n) is 9.17. The van der Waals surface area contributed by atoms with Crippen LogP contribution < -0.4 is 0 Å². The Labute approximate surface area is 232 Å². The van der Waals surface area contributed by atoms with Gasteiger partial charge < -0.3 is 0 Å². The summed E-state index contributed by atoms with van der Waals surface area (Å²) in [7, 11) is 0. The van der Waals surface area contributed by atoms with Gasteiger partial charge in [-0.15, -0.1) is 0 Å². The molecular formula is C30H62O4Sn2. The van der Waals surface area contributed by atoms with Gasteiger partial charge in [0, 0.05) is 0 Å². The second-order valence-electron chi connectivity index (χ2n) is 11.6. The van der Waals surface area contributed by atoms with Crippen molar-refractivity contribution in [2.75, 3.05) is 0 Å². The summed E-state index contributed by atoms with van der Waals surface area (Å²) in [6.07, 6.45) is 15.3. The van der Waals surface area contributed by atoms with Gasteiger partial charge in [0.15, 0.2) is 0 Å². The minimum atomic E-state index is -3.32. The van der Waals surface area contributed by atoms with Gasteiger partial charge in [-0.1, -0.05) is 0 Å². The first-order chi connectivity index (χ1) is 17.2. The number of rotatable bonds is 25. The van der Waals surface area contributed by atoms with E-state index in [1.165, 1.54) is 65.1 Å². The van der Waals surface area contributed by atoms with Crippen LogP contribution in [0.1, 0.15) is 138 Å². The van der Waals surface area contributed by atoms with E-state index in [2.05, 4.69) is 41.5 Å². The Hall–Kier alpha value is 0.537. The number of aliphatic carboxylic acids is 2. The van der Waals surface area contributed by atoms with Crippen molar-refractivity contribution in [3.8, 4) is 0 Å². The van der Waals surface area contributed by atoms with Crippen molar-refractivity contribution in [3.05, 3.63) is 0 Å². The first-order valence-electron chi connectivity index (χ1n) is 15.7. The average molecular weight is 724 g/mol. The van der Waals surface area contributed by atoms with Gasteiger partial charge in [0.2, 0.25) is 0 Å². The van der Waals surface area contributed by atoms with Gasteiger partial charge in [-0.3, -0.25) is 0 Å². The van der Waals surface area contributed by atoms with Crippen LogP contribution in [0.3, 0.4) is 0 Å². The predicted octanol–water partition coefficient (Wildman–Crippen LogP) is 10.3. The van der Waals surface area contributed by atoms with Crippen LogP contribution in [0.2, 0.25) is 28.1 Å². The number of hydrogen-bond donors (Lipinski definition) is 2. The van der Waals surface area contributed by atoms with E-state index in [0.29, 0.717) is 12.8 Å². The quantitative estimate of drug-likeness (QED) is 0.0920. The Morgan fingerprint density at radius 2 is 0.806 bits per heavy atom. The van der Waals surface area contributed by atoms with E-state index in [9.17, 15) is 19.8 Å². The molecule has 0 rings (SSSR count). The van der Waals surface area contributed by atoms with Gasteiger partial charge in [-0.25, -0.2) is 0 Å². The van der Waals surface area contributed by atoms with Crippen molar-refractivity contribution < 1.29 is 19.8 Å². The molecule has 0 aliphatic carbocycles. The number of hydrogen-bond acceptors (Lipinski definition) is 2. The molecule has 0 aliphatic heterocycles. The van der Waals surface area contributed by atoms with Crippen LogP contribution in [0.5, 0.6) is 0 Å². The Balaban J connectivity index is 7.44. The zero-order valence-corrected chi connectivity index (χ0v) is 30.8. The number of carbonyl (C=O) groups is 2. The second-order valence-corrected chi connectivity index (χ2v) is 43.8. The SMILES string of the molecule is CCC[CH2][Sn]([CH2]CCC)([CH2]CCC)[C](CCCC(=O)O)(C(=O)O)[Sn]([CH2]CCC)([CH2]CCC)[CH2]CCC. The second kappa shape index (κ2) is 20.4. The van der Waals surface area contributed by atoms with Gasteiger partial charge in [0.25, 0.3) is 0 Å². The van der Waals surface area contributed by atoms with E-state index in [1.807, 2.05) is 0 Å². The molecule has 0 saturated heterocycles. The first-order valence-corrected chi connectivity index (χ1v) is 30.6. The van der Waals surface area contributed by atoms with E-state index >= 15 is 0 Å². The fraction of sp³-hybridized carbons (Fsp3) is 0.933. The predicted molar refractivity (Wildman–Crippen MR) is 162 cm³/mol. The van der Waals surface area contributed by atoms with Crippen LogP contribution in [0.15, 0.2) is 0 Å².